The third-order valence-corrected chi connectivity index (χ3v) is 5.33. The second-order valence-electron chi connectivity index (χ2n) is 6.14. The van der Waals surface area contributed by atoms with Gasteiger partial charge in [-0.3, -0.25) is 9.48 Å². The summed E-state index contributed by atoms with van der Waals surface area (Å²) in [6.07, 6.45) is 6.38. The monoisotopic (exact) mass is 348 g/mol. The first-order valence-electron chi connectivity index (χ1n) is 8.15. The summed E-state index contributed by atoms with van der Waals surface area (Å²) in [6.45, 7) is 3.04. The Hall–Kier alpha value is -2.00. The Labute approximate surface area is 144 Å². The summed E-state index contributed by atoms with van der Waals surface area (Å²) < 4.78 is 11.4. The van der Waals surface area contributed by atoms with Crippen molar-refractivity contribution in [1.29, 1.82) is 0 Å². The SMILES string of the molecule is COCc1nsc(N2CCC(n3cc(N4CCCC4=O)cn3)C2)n1. The van der Waals surface area contributed by atoms with Crippen molar-refractivity contribution in [2.45, 2.75) is 31.9 Å². The van der Waals surface area contributed by atoms with Crippen molar-refractivity contribution < 1.29 is 9.53 Å². The average molecular weight is 348 g/mol. The fourth-order valence-electron chi connectivity index (χ4n) is 3.28. The van der Waals surface area contributed by atoms with Gasteiger partial charge in [-0.05, 0) is 12.8 Å². The predicted octanol–water partition coefficient (Wildman–Crippen LogP) is 1.46. The minimum atomic E-state index is 0.196. The summed E-state index contributed by atoms with van der Waals surface area (Å²) >= 11 is 1.41. The van der Waals surface area contributed by atoms with E-state index in [9.17, 15) is 4.79 Å². The number of rotatable bonds is 5. The van der Waals surface area contributed by atoms with Crippen LogP contribution in [0.15, 0.2) is 12.4 Å². The second kappa shape index (κ2) is 6.48. The van der Waals surface area contributed by atoms with Gasteiger partial charge in [0.15, 0.2) is 5.82 Å². The highest BCUT2D eigenvalue weighted by molar-refractivity contribution is 7.09. The number of carbonyl (C=O) groups is 1. The third-order valence-electron chi connectivity index (χ3n) is 4.51. The standard InChI is InChI=1S/C15H20N6O2S/c1-23-10-13-17-15(24-18-13)19-6-4-11(8-19)21-9-12(7-16-21)20-5-2-3-14(20)22/h7,9,11H,2-6,8,10H2,1H3. The van der Waals surface area contributed by atoms with Gasteiger partial charge in [-0.1, -0.05) is 0 Å². The van der Waals surface area contributed by atoms with Gasteiger partial charge in [0.1, 0.15) is 6.61 Å². The zero-order valence-corrected chi connectivity index (χ0v) is 14.4. The van der Waals surface area contributed by atoms with Crippen molar-refractivity contribution in [2.24, 2.45) is 0 Å². The Morgan fingerprint density at radius 3 is 3.12 bits per heavy atom. The molecule has 4 rings (SSSR count). The van der Waals surface area contributed by atoms with E-state index in [1.54, 1.807) is 13.3 Å². The van der Waals surface area contributed by atoms with Crippen LogP contribution >= 0.6 is 11.5 Å². The van der Waals surface area contributed by atoms with Crippen LogP contribution in [0.3, 0.4) is 0 Å². The maximum absolute atomic E-state index is 11.9. The molecule has 2 fully saturated rings. The van der Waals surface area contributed by atoms with Crippen LogP contribution in [0.4, 0.5) is 10.8 Å². The lowest BCUT2D eigenvalue weighted by atomic mass is 10.3. The van der Waals surface area contributed by atoms with Crippen LogP contribution in [0.2, 0.25) is 0 Å². The minimum absolute atomic E-state index is 0.196. The molecule has 0 aliphatic carbocycles. The van der Waals surface area contributed by atoms with Gasteiger partial charge in [-0.15, -0.1) is 0 Å². The van der Waals surface area contributed by atoms with E-state index in [1.165, 1.54) is 11.5 Å². The summed E-state index contributed by atoms with van der Waals surface area (Å²) in [6, 6.07) is 0.297. The number of ether oxygens (including phenoxy) is 1. The summed E-state index contributed by atoms with van der Waals surface area (Å²) in [5, 5.41) is 5.42. The molecular formula is C15H20N6O2S. The van der Waals surface area contributed by atoms with Gasteiger partial charge in [0.25, 0.3) is 0 Å². The van der Waals surface area contributed by atoms with Gasteiger partial charge in [0.2, 0.25) is 11.0 Å². The van der Waals surface area contributed by atoms with Crippen molar-refractivity contribution in [1.82, 2.24) is 19.1 Å². The van der Waals surface area contributed by atoms with Crippen LogP contribution in [0.25, 0.3) is 0 Å². The van der Waals surface area contributed by atoms with E-state index in [0.717, 1.165) is 49.1 Å². The average Bonchev–Trinajstić information content (AvgIpc) is 3.34. The fraction of sp³-hybridized carbons (Fsp3) is 0.600. The van der Waals surface area contributed by atoms with Gasteiger partial charge >= 0.3 is 0 Å². The zero-order valence-electron chi connectivity index (χ0n) is 13.6. The normalized spacial score (nSPS) is 21.2. The highest BCUT2D eigenvalue weighted by Crippen LogP contribution is 2.29. The molecule has 0 aromatic carbocycles. The molecule has 1 amide bonds. The fourth-order valence-corrected chi connectivity index (χ4v) is 3.99. The Bertz CT molecular complexity index is 729. The molecule has 9 heteroatoms. The van der Waals surface area contributed by atoms with E-state index in [-0.39, 0.29) is 5.91 Å². The minimum Gasteiger partial charge on any atom is -0.377 e. The maximum Gasteiger partial charge on any atom is 0.227 e. The van der Waals surface area contributed by atoms with Crippen LogP contribution in [-0.2, 0) is 16.1 Å². The number of anilines is 2. The molecular weight excluding hydrogens is 328 g/mol. The Kier molecular flexibility index (Phi) is 4.19. The van der Waals surface area contributed by atoms with Gasteiger partial charge in [0.05, 0.1) is 17.9 Å². The molecule has 8 nitrogen and oxygen atoms in total. The number of amides is 1. The van der Waals surface area contributed by atoms with Crippen molar-refractivity contribution >= 4 is 28.3 Å². The quantitative estimate of drug-likeness (QED) is 0.814. The van der Waals surface area contributed by atoms with Crippen molar-refractivity contribution in [3.05, 3.63) is 18.2 Å². The molecule has 2 aromatic rings. The second-order valence-corrected chi connectivity index (χ2v) is 6.87. The molecule has 24 heavy (non-hydrogen) atoms. The van der Waals surface area contributed by atoms with Crippen molar-refractivity contribution in [2.75, 3.05) is 36.5 Å². The number of hydrogen-bond acceptors (Lipinski definition) is 7. The van der Waals surface area contributed by atoms with E-state index in [4.69, 9.17) is 4.74 Å². The van der Waals surface area contributed by atoms with Crippen LogP contribution < -0.4 is 9.80 Å². The molecule has 128 valence electrons. The van der Waals surface area contributed by atoms with Gasteiger partial charge < -0.3 is 14.5 Å². The summed E-state index contributed by atoms with van der Waals surface area (Å²) in [5.74, 6) is 0.928. The van der Waals surface area contributed by atoms with E-state index >= 15 is 0 Å². The Morgan fingerprint density at radius 2 is 2.33 bits per heavy atom. The number of carbonyl (C=O) groups excluding carboxylic acids is 1. The smallest absolute Gasteiger partial charge is 0.227 e. The number of methoxy groups -OCH3 is 1. The Morgan fingerprint density at radius 1 is 1.42 bits per heavy atom. The first kappa shape index (κ1) is 15.5. The topological polar surface area (TPSA) is 76.4 Å². The third kappa shape index (κ3) is 2.89. The van der Waals surface area contributed by atoms with Crippen LogP contribution in [-0.4, -0.2) is 51.8 Å². The van der Waals surface area contributed by atoms with E-state index in [2.05, 4.69) is 19.4 Å². The summed E-state index contributed by atoms with van der Waals surface area (Å²) in [5.41, 5.74) is 0.911. The van der Waals surface area contributed by atoms with Crippen molar-refractivity contribution in [3.8, 4) is 0 Å². The molecule has 2 aromatic heterocycles. The maximum atomic E-state index is 11.9. The molecule has 0 radical (unpaired) electrons. The highest BCUT2D eigenvalue weighted by atomic mass is 32.1. The molecule has 2 aliphatic heterocycles. The van der Waals surface area contributed by atoms with E-state index < -0.39 is 0 Å². The predicted molar refractivity (Wildman–Crippen MR) is 90.3 cm³/mol. The molecule has 2 aliphatic rings. The van der Waals surface area contributed by atoms with Crippen LogP contribution in [0.5, 0.6) is 0 Å². The highest BCUT2D eigenvalue weighted by Gasteiger charge is 2.28. The van der Waals surface area contributed by atoms with Gasteiger partial charge in [-0.2, -0.15) is 9.47 Å². The molecule has 0 N–H and O–H groups in total. The van der Waals surface area contributed by atoms with Gasteiger partial charge in [0, 0.05) is 50.9 Å². The van der Waals surface area contributed by atoms with Gasteiger partial charge in [-0.25, -0.2) is 4.98 Å². The Balaban J connectivity index is 1.43. The number of nitrogens with zero attached hydrogens (tertiary/aromatic N) is 6. The van der Waals surface area contributed by atoms with Crippen molar-refractivity contribution in [3.63, 3.8) is 0 Å². The summed E-state index contributed by atoms with van der Waals surface area (Å²) in [7, 11) is 1.65. The molecule has 0 saturated carbocycles. The molecule has 1 unspecified atom stereocenters. The molecule has 0 spiro atoms. The van der Waals surface area contributed by atoms with Crippen LogP contribution in [0.1, 0.15) is 31.1 Å². The van der Waals surface area contributed by atoms with E-state index in [0.29, 0.717) is 19.1 Å². The molecule has 4 heterocycles. The molecule has 2 saturated heterocycles. The zero-order chi connectivity index (χ0) is 16.5. The lowest BCUT2D eigenvalue weighted by Crippen LogP contribution is -2.23. The lowest BCUT2D eigenvalue weighted by Gasteiger charge is -2.15. The first-order chi connectivity index (χ1) is 11.7. The first-order valence-corrected chi connectivity index (χ1v) is 8.93. The number of hydrogen-bond donors (Lipinski definition) is 0. The lowest BCUT2D eigenvalue weighted by molar-refractivity contribution is -0.117. The molecule has 0 bridgehead atoms. The largest absolute Gasteiger partial charge is 0.377 e. The molecule has 1 atom stereocenters. The summed E-state index contributed by atoms with van der Waals surface area (Å²) in [4.78, 5) is 20.4. The van der Waals surface area contributed by atoms with Crippen LogP contribution in [0, 0.1) is 0 Å². The van der Waals surface area contributed by atoms with E-state index in [1.807, 2.05) is 15.8 Å². The number of aromatic nitrogens is 4.